The third-order valence-corrected chi connectivity index (χ3v) is 2.26. The molecule has 0 aliphatic carbocycles. The maximum atomic E-state index is 11.9. The molecule has 0 unspecified atom stereocenters. The number of nitrogens with two attached hydrogens (primary N) is 1. The minimum atomic E-state index is 0.217. The Bertz CT molecular complexity index is 167. The molecule has 0 heterocycles. The molecule has 0 rings (SSSR count). The Labute approximate surface area is 93.4 Å². The molecule has 15 heavy (non-hydrogen) atoms. The molecule has 0 aromatic rings. The summed E-state index contributed by atoms with van der Waals surface area (Å²) in [6, 6.07) is 0. The largest absolute Gasteiger partial charge is 0.342 e. The molecule has 0 radical (unpaired) electrons. The first kappa shape index (κ1) is 14.4. The molecule has 1 amide bonds. The summed E-state index contributed by atoms with van der Waals surface area (Å²) in [5.74, 6) is 0.217. The molecule has 0 aromatic carbocycles. The van der Waals surface area contributed by atoms with Crippen LogP contribution in [0.4, 0.5) is 0 Å². The third-order valence-electron chi connectivity index (χ3n) is 2.26. The molecule has 0 aliphatic heterocycles. The van der Waals surface area contributed by atoms with Gasteiger partial charge in [-0.05, 0) is 19.9 Å². The topological polar surface area (TPSA) is 49.6 Å². The first-order chi connectivity index (χ1) is 7.15. The highest BCUT2D eigenvalue weighted by molar-refractivity contribution is 5.78. The average Bonchev–Trinajstić information content (AvgIpc) is 2.17. The van der Waals surface area contributed by atoms with Crippen LogP contribution in [-0.4, -0.2) is 55.5 Å². The van der Waals surface area contributed by atoms with Crippen LogP contribution in [0.3, 0.4) is 0 Å². The standard InChI is InChI=1S/C11H25N3O/c1-4-7-14(8-5-2)11(15)10-13(3)9-6-12/h4-10,12H2,1-3H3. The van der Waals surface area contributed by atoms with Crippen LogP contribution < -0.4 is 5.73 Å². The molecule has 2 N–H and O–H groups in total. The zero-order valence-electron chi connectivity index (χ0n) is 10.3. The number of rotatable bonds is 8. The molecular formula is C11H25N3O. The molecule has 0 bridgehead atoms. The van der Waals surface area contributed by atoms with Crippen molar-refractivity contribution in [2.45, 2.75) is 26.7 Å². The van der Waals surface area contributed by atoms with Crippen molar-refractivity contribution in [3.05, 3.63) is 0 Å². The van der Waals surface area contributed by atoms with Crippen molar-refractivity contribution in [3.63, 3.8) is 0 Å². The molecule has 0 saturated carbocycles. The molecule has 0 saturated heterocycles. The van der Waals surface area contributed by atoms with Crippen LogP contribution in [0.5, 0.6) is 0 Å². The molecule has 0 aliphatic rings. The Kier molecular flexibility index (Phi) is 8.33. The maximum Gasteiger partial charge on any atom is 0.236 e. The van der Waals surface area contributed by atoms with Crippen molar-refractivity contribution in [1.82, 2.24) is 9.80 Å². The maximum absolute atomic E-state index is 11.9. The molecule has 0 aromatic heterocycles. The summed E-state index contributed by atoms with van der Waals surface area (Å²) in [4.78, 5) is 15.8. The highest BCUT2D eigenvalue weighted by atomic mass is 16.2. The van der Waals surface area contributed by atoms with E-state index in [1.165, 1.54) is 0 Å². The van der Waals surface area contributed by atoms with Gasteiger partial charge in [-0.2, -0.15) is 0 Å². The van der Waals surface area contributed by atoms with Gasteiger partial charge in [-0.1, -0.05) is 13.8 Å². The summed E-state index contributed by atoms with van der Waals surface area (Å²) in [7, 11) is 1.93. The second-order valence-corrected chi connectivity index (χ2v) is 3.91. The van der Waals surface area contributed by atoms with Crippen LogP contribution in [0.2, 0.25) is 0 Å². The van der Waals surface area contributed by atoms with Gasteiger partial charge in [0.05, 0.1) is 6.54 Å². The Morgan fingerprint density at radius 2 is 1.67 bits per heavy atom. The highest BCUT2D eigenvalue weighted by Crippen LogP contribution is 1.96. The van der Waals surface area contributed by atoms with Crippen LogP contribution in [0.25, 0.3) is 0 Å². The van der Waals surface area contributed by atoms with E-state index < -0.39 is 0 Å². The van der Waals surface area contributed by atoms with Gasteiger partial charge in [-0.25, -0.2) is 0 Å². The Balaban J connectivity index is 4.00. The van der Waals surface area contributed by atoms with Gasteiger partial charge in [0, 0.05) is 26.2 Å². The monoisotopic (exact) mass is 215 g/mol. The van der Waals surface area contributed by atoms with E-state index in [1.807, 2.05) is 16.8 Å². The van der Waals surface area contributed by atoms with Gasteiger partial charge in [-0.15, -0.1) is 0 Å². The molecule has 0 fully saturated rings. The summed E-state index contributed by atoms with van der Waals surface area (Å²) >= 11 is 0. The highest BCUT2D eigenvalue weighted by Gasteiger charge is 2.13. The Morgan fingerprint density at radius 3 is 2.07 bits per heavy atom. The number of nitrogens with zero attached hydrogens (tertiary/aromatic N) is 2. The lowest BCUT2D eigenvalue weighted by molar-refractivity contribution is -0.132. The van der Waals surface area contributed by atoms with Crippen molar-refractivity contribution in [1.29, 1.82) is 0 Å². The normalized spacial score (nSPS) is 10.7. The van der Waals surface area contributed by atoms with Crippen LogP contribution in [0.15, 0.2) is 0 Å². The zero-order chi connectivity index (χ0) is 11.7. The van der Waals surface area contributed by atoms with Crippen molar-refractivity contribution >= 4 is 5.91 Å². The van der Waals surface area contributed by atoms with Crippen molar-refractivity contribution < 1.29 is 4.79 Å². The van der Waals surface area contributed by atoms with E-state index in [0.29, 0.717) is 13.1 Å². The smallest absolute Gasteiger partial charge is 0.236 e. The minimum absolute atomic E-state index is 0.217. The molecular weight excluding hydrogens is 190 g/mol. The third kappa shape index (κ3) is 6.47. The van der Waals surface area contributed by atoms with E-state index in [2.05, 4.69) is 13.8 Å². The fourth-order valence-corrected chi connectivity index (χ4v) is 1.53. The number of carbonyl (C=O) groups is 1. The van der Waals surface area contributed by atoms with Crippen LogP contribution >= 0.6 is 0 Å². The lowest BCUT2D eigenvalue weighted by atomic mass is 10.3. The quantitative estimate of drug-likeness (QED) is 0.642. The van der Waals surface area contributed by atoms with E-state index in [1.54, 1.807) is 0 Å². The van der Waals surface area contributed by atoms with Gasteiger partial charge in [-0.3, -0.25) is 9.69 Å². The average molecular weight is 215 g/mol. The summed E-state index contributed by atoms with van der Waals surface area (Å²) in [5.41, 5.74) is 5.43. The van der Waals surface area contributed by atoms with E-state index in [0.717, 1.165) is 32.5 Å². The SMILES string of the molecule is CCCN(CCC)C(=O)CN(C)CCN. The Hall–Kier alpha value is -0.610. The number of hydrogen-bond donors (Lipinski definition) is 1. The van der Waals surface area contributed by atoms with E-state index in [9.17, 15) is 4.79 Å². The zero-order valence-corrected chi connectivity index (χ0v) is 10.3. The molecule has 4 heteroatoms. The fourth-order valence-electron chi connectivity index (χ4n) is 1.53. The second-order valence-electron chi connectivity index (χ2n) is 3.91. The van der Waals surface area contributed by atoms with Crippen LogP contribution in [0, 0.1) is 0 Å². The van der Waals surface area contributed by atoms with E-state index in [-0.39, 0.29) is 5.91 Å². The van der Waals surface area contributed by atoms with Gasteiger partial charge in [0.1, 0.15) is 0 Å². The lowest BCUT2D eigenvalue weighted by Gasteiger charge is -2.24. The number of hydrogen-bond acceptors (Lipinski definition) is 3. The number of carbonyl (C=O) groups excluding carboxylic acids is 1. The van der Waals surface area contributed by atoms with Gasteiger partial charge in [0.15, 0.2) is 0 Å². The minimum Gasteiger partial charge on any atom is -0.342 e. The first-order valence-corrected chi connectivity index (χ1v) is 5.82. The first-order valence-electron chi connectivity index (χ1n) is 5.82. The van der Waals surface area contributed by atoms with Crippen molar-refractivity contribution in [3.8, 4) is 0 Å². The predicted octanol–water partition coefficient (Wildman–Crippen LogP) is 0.526. The van der Waals surface area contributed by atoms with Gasteiger partial charge < -0.3 is 10.6 Å². The number of amides is 1. The lowest BCUT2D eigenvalue weighted by Crippen LogP contribution is -2.41. The van der Waals surface area contributed by atoms with E-state index in [4.69, 9.17) is 5.73 Å². The van der Waals surface area contributed by atoms with Crippen molar-refractivity contribution in [2.75, 3.05) is 39.8 Å². The summed E-state index contributed by atoms with van der Waals surface area (Å²) in [6.45, 7) is 7.78. The van der Waals surface area contributed by atoms with Crippen molar-refractivity contribution in [2.24, 2.45) is 5.73 Å². The van der Waals surface area contributed by atoms with Gasteiger partial charge in [0.25, 0.3) is 0 Å². The molecule has 0 spiro atoms. The van der Waals surface area contributed by atoms with Gasteiger partial charge >= 0.3 is 0 Å². The second kappa shape index (κ2) is 8.68. The van der Waals surface area contributed by atoms with Crippen LogP contribution in [-0.2, 0) is 4.79 Å². The summed E-state index contributed by atoms with van der Waals surface area (Å²) in [6.07, 6.45) is 2.04. The van der Waals surface area contributed by atoms with Crippen LogP contribution in [0.1, 0.15) is 26.7 Å². The fraction of sp³-hybridized carbons (Fsp3) is 0.909. The van der Waals surface area contributed by atoms with Gasteiger partial charge in [0.2, 0.25) is 5.91 Å². The summed E-state index contributed by atoms with van der Waals surface area (Å²) < 4.78 is 0. The summed E-state index contributed by atoms with van der Waals surface area (Å²) in [5, 5.41) is 0. The molecule has 0 atom stereocenters. The molecule has 90 valence electrons. The predicted molar refractivity (Wildman–Crippen MR) is 63.7 cm³/mol. The number of likely N-dealkylation sites (N-methyl/N-ethyl adjacent to an activating group) is 1. The molecule has 4 nitrogen and oxygen atoms in total. The Morgan fingerprint density at radius 1 is 1.13 bits per heavy atom. The van der Waals surface area contributed by atoms with E-state index >= 15 is 0 Å².